The van der Waals surface area contributed by atoms with Crippen LogP contribution in [-0.4, -0.2) is 76.4 Å². The molecule has 1 atom stereocenters. The van der Waals surface area contributed by atoms with E-state index >= 15 is 0 Å². The number of hydrogen-bond acceptors (Lipinski definition) is 9. The number of hydrogen-bond donors (Lipinski definition) is 2. The van der Waals surface area contributed by atoms with Crippen molar-refractivity contribution in [3.63, 3.8) is 0 Å². The Balaban J connectivity index is 1.39. The summed E-state index contributed by atoms with van der Waals surface area (Å²) >= 11 is 0. The number of aromatic nitrogens is 4. The van der Waals surface area contributed by atoms with Crippen LogP contribution in [0.15, 0.2) is 23.4 Å². The maximum Gasteiger partial charge on any atom is 0.423 e. The molecule has 2 N–H and O–H groups in total. The van der Waals surface area contributed by atoms with E-state index in [0.29, 0.717) is 32.0 Å². The molecule has 3 heterocycles. The lowest BCUT2D eigenvalue weighted by molar-refractivity contribution is -0.138. The Kier molecular flexibility index (Phi) is 8.00. The molecule has 0 aromatic carbocycles. The highest BCUT2D eigenvalue weighted by atomic mass is 19.4. The molecule has 0 aliphatic carbocycles. The fraction of sp³-hybridized carbons (Fsp3) is 0.500. The summed E-state index contributed by atoms with van der Waals surface area (Å²) in [6, 6.07) is 1.35. The van der Waals surface area contributed by atoms with E-state index in [9.17, 15) is 22.8 Å². The third-order valence-corrected chi connectivity index (χ3v) is 5.08. The number of carbonyl (C=O) groups excluding carboxylic acids is 1. The van der Waals surface area contributed by atoms with Crippen LogP contribution in [0, 0.1) is 11.3 Å². The molecule has 0 radical (unpaired) electrons. The molecule has 1 saturated heterocycles. The number of rotatable bonds is 8. The van der Waals surface area contributed by atoms with Crippen LogP contribution >= 0.6 is 0 Å². The lowest BCUT2D eigenvalue weighted by Gasteiger charge is -2.35. The van der Waals surface area contributed by atoms with Gasteiger partial charge in [-0.2, -0.15) is 23.5 Å². The standard InChI is InChI=1S/C20H23F3N8O3/c1-13(28-15-10-27-29-19(33)18(15)20(21,22)23)12-34-7-2-17(32)31-5-3-30(4-6-31)16-11-25-14(8-24)9-26-16/h9-11,13H,2-7,12H2,1H3,(H2,28,29,33). The van der Waals surface area contributed by atoms with Gasteiger partial charge in [0.15, 0.2) is 5.69 Å². The van der Waals surface area contributed by atoms with E-state index in [1.165, 1.54) is 12.4 Å². The number of nitrogens with zero attached hydrogens (tertiary/aromatic N) is 6. The summed E-state index contributed by atoms with van der Waals surface area (Å²) in [5.74, 6) is 0.546. The van der Waals surface area contributed by atoms with E-state index in [4.69, 9.17) is 10.00 Å². The maximum absolute atomic E-state index is 13.1. The van der Waals surface area contributed by atoms with E-state index in [-0.39, 0.29) is 31.2 Å². The molecule has 2 aromatic rings. The first-order chi connectivity index (χ1) is 16.2. The zero-order valence-corrected chi connectivity index (χ0v) is 18.3. The Bertz CT molecular complexity index is 1080. The number of aromatic amines is 1. The minimum Gasteiger partial charge on any atom is -0.379 e. The number of H-pyrrole nitrogens is 1. The molecular weight excluding hydrogens is 457 g/mol. The zero-order valence-electron chi connectivity index (χ0n) is 18.3. The van der Waals surface area contributed by atoms with Crippen molar-refractivity contribution in [3.8, 4) is 6.07 Å². The molecule has 1 unspecified atom stereocenters. The van der Waals surface area contributed by atoms with Crippen molar-refractivity contribution in [2.75, 3.05) is 49.6 Å². The normalized spacial score (nSPS) is 15.0. The summed E-state index contributed by atoms with van der Waals surface area (Å²) in [6.07, 6.45) is -0.881. The van der Waals surface area contributed by atoms with Crippen molar-refractivity contribution >= 4 is 17.4 Å². The summed E-state index contributed by atoms with van der Waals surface area (Å²) in [5, 5.41) is 16.5. The van der Waals surface area contributed by atoms with Gasteiger partial charge in [0.2, 0.25) is 5.91 Å². The third-order valence-electron chi connectivity index (χ3n) is 5.08. The van der Waals surface area contributed by atoms with Crippen molar-refractivity contribution in [3.05, 3.63) is 40.2 Å². The predicted octanol–water partition coefficient (Wildman–Crippen LogP) is 1.01. The highest BCUT2D eigenvalue weighted by Gasteiger charge is 2.37. The minimum absolute atomic E-state index is 0.0303. The Labute approximate surface area is 192 Å². The van der Waals surface area contributed by atoms with Crippen molar-refractivity contribution < 1.29 is 22.7 Å². The van der Waals surface area contributed by atoms with Crippen LogP contribution in [0.3, 0.4) is 0 Å². The molecular formula is C20H23F3N8O3. The second-order valence-corrected chi connectivity index (χ2v) is 7.60. The van der Waals surface area contributed by atoms with Crippen LogP contribution in [0.4, 0.5) is 24.7 Å². The molecule has 1 fully saturated rings. The fourth-order valence-electron chi connectivity index (χ4n) is 3.40. The molecule has 1 aliphatic heterocycles. The van der Waals surface area contributed by atoms with E-state index in [2.05, 4.69) is 20.4 Å². The number of nitriles is 1. The zero-order chi connectivity index (χ0) is 24.7. The molecule has 182 valence electrons. The monoisotopic (exact) mass is 480 g/mol. The minimum atomic E-state index is -4.83. The van der Waals surface area contributed by atoms with Crippen LogP contribution in [0.5, 0.6) is 0 Å². The van der Waals surface area contributed by atoms with Gasteiger partial charge in [0.1, 0.15) is 17.5 Å². The summed E-state index contributed by atoms with van der Waals surface area (Å²) in [6.45, 7) is 3.85. The maximum atomic E-state index is 13.1. The van der Waals surface area contributed by atoms with Gasteiger partial charge in [-0.25, -0.2) is 15.1 Å². The molecule has 11 nitrogen and oxygen atoms in total. The van der Waals surface area contributed by atoms with Crippen molar-refractivity contribution in [2.24, 2.45) is 0 Å². The van der Waals surface area contributed by atoms with Crippen LogP contribution in [0.1, 0.15) is 24.6 Å². The number of carbonyl (C=O) groups is 1. The van der Waals surface area contributed by atoms with E-state index < -0.39 is 29.0 Å². The van der Waals surface area contributed by atoms with Gasteiger partial charge in [-0.3, -0.25) is 9.59 Å². The van der Waals surface area contributed by atoms with Crippen molar-refractivity contribution in [1.82, 2.24) is 25.1 Å². The Morgan fingerprint density at radius 3 is 2.62 bits per heavy atom. The average molecular weight is 480 g/mol. The smallest absolute Gasteiger partial charge is 0.379 e. The van der Waals surface area contributed by atoms with Crippen molar-refractivity contribution in [2.45, 2.75) is 25.6 Å². The first kappa shape index (κ1) is 24.9. The lowest BCUT2D eigenvalue weighted by Crippen LogP contribution is -2.49. The number of amides is 1. The number of alkyl halides is 3. The van der Waals surface area contributed by atoms with Gasteiger partial charge in [0.25, 0.3) is 5.56 Å². The molecule has 1 amide bonds. The summed E-state index contributed by atoms with van der Waals surface area (Å²) in [4.78, 5) is 35.8. The Hall–Kier alpha value is -3.73. The molecule has 34 heavy (non-hydrogen) atoms. The van der Waals surface area contributed by atoms with Gasteiger partial charge in [-0.05, 0) is 6.92 Å². The fourth-order valence-corrected chi connectivity index (χ4v) is 3.40. The van der Waals surface area contributed by atoms with Crippen LogP contribution in [0.25, 0.3) is 0 Å². The predicted molar refractivity (Wildman–Crippen MR) is 114 cm³/mol. The number of piperazine rings is 1. The average Bonchev–Trinajstić information content (AvgIpc) is 2.81. The van der Waals surface area contributed by atoms with Crippen molar-refractivity contribution in [1.29, 1.82) is 5.26 Å². The second kappa shape index (κ2) is 10.9. The van der Waals surface area contributed by atoms with E-state index in [0.717, 1.165) is 6.20 Å². The van der Waals surface area contributed by atoms with Gasteiger partial charge >= 0.3 is 6.18 Å². The SMILES string of the molecule is CC(COCCC(=O)N1CCN(c2cnc(C#N)cn2)CC1)Nc1cn[nH]c(=O)c1C(F)(F)F. The topological polar surface area (TPSA) is 140 Å². The van der Waals surface area contributed by atoms with Gasteiger partial charge < -0.3 is 19.9 Å². The molecule has 0 bridgehead atoms. The van der Waals surface area contributed by atoms with E-state index in [1.54, 1.807) is 16.9 Å². The second-order valence-electron chi connectivity index (χ2n) is 7.60. The Morgan fingerprint density at radius 1 is 1.26 bits per heavy atom. The van der Waals surface area contributed by atoms with Gasteiger partial charge in [0.05, 0.1) is 43.9 Å². The van der Waals surface area contributed by atoms with Gasteiger partial charge in [-0.1, -0.05) is 0 Å². The summed E-state index contributed by atoms with van der Waals surface area (Å²) in [5.41, 5.74) is -2.89. The molecule has 2 aromatic heterocycles. The quantitative estimate of drug-likeness (QED) is 0.530. The molecule has 3 rings (SSSR count). The van der Waals surface area contributed by atoms with Crippen LogP contribution in [-0.2, 0) is 15.7 Å². The van der Waals surface area contributed by atoms with Gasteiger partial charge in [0, 0.05) is 32.2 Å². The first-order valence-electron chi connectivity index (χ1n) is 10.4. The lowest BCUT2D eigenvalue weighted by atomic mass is 10.2. The summed E-state index contributed by atoms with van der Waals surface area (Å²) in [7, 11) is 0. The number of anilines is 2. The largest absolute Gasteiger partial charge is 0.423 e. The highest BCUT2D eigenvalue weighted by Crippen LogP contribution is 2.31. The first-order valence-corrected chi connectivity index (χ1v) is 10.4. The number of ether oxygens (including phenoxy) is 1. The van der Waals surface area contributed by atoms with Crippen LogP contribution in [0.2, 0.25) is 0 Å². The van der Waals surface area contributed by atoms with E-state index in [1.807, 2.05) is 11.0 Å². The molecule has 0 spiro atoms. The van der Waals surface area contributed by atoms with Crippen LogP contribution < -0.4 is 15.8 Å². The molecule has 0 saturated carbocycles. The molecule has 14 heteroatoms. The number of nitrogens with one attached hydrogen (secondary N) is 2. The van der Waals surface area contributed by atoms with Gasteiger partial charge in [-0.15, -0.1) is 0 Å². The highest BCUT2D eigenvalue weighted by molar-refractivity contribution is 5.76. The summed E-state index contributed by atoms with van der Waals surface area (Å²) < 4.78 is 44.7. The number of halogens is 3. The third kappa shape index (κ3) is 6.41. The molecule has 1 aliphatic rings. The Morgan fingerprint density at radius 2 is 2.00 bits per heavy atom.